The summed E-state index contributed by atoms with van der Waals surface area (Å²) in [6.07, 6.45) is -2.94. The highest BCUT2D eigenvalue weighted by atomic mass is 35.5. The largest absolute Gasteiger partial charge is 0.480 e. The Morgan fingerprint density at radius 3 is 2.48 bits per heavy atom. The number of alkyl halides is 3. The van der Waals surface area contributed by atoms with Gasteiger partial charge in [-0.3, -0.25) is 14.6 Å². The van der Waals surface area contributed by atoms with E-state index in [0.29, 0.717) is 17.5 Å². The lowest BCUT2D eigenvalue weighted by Gasteiger charge is -2.37. The highest BCUT2D eigenvalue weighted by molar-refractivity contribution is 6.42. The molecule has 4 heterocycles. The Balaban J connectivity index is 1.50. The van der Waals surface area contributed by atoms with Gasteiger partial charge in [-0.25, -0.2) is 14.5 Å². The van der Waals surface area contributed by atoms with Crippen LogP contribution in [0, 0.1) is 0 Å². The zero-order valence-corrected chi connectivity index (χ0v) is 22.5. The van der Waals surface area contributed by atoms with E-state index in [1.807, 2.05) is 6.92 Å². The molecule has 0 radical (unpaired) electrons. The fourth-order valence-corrected chi connectivity index (χ4v) is 5.24. The van der Waals surface area contributed by atoms with Crippen LogP contribution in [0.4, 0.5) is 13.2 Å². The van der Waals surface area contributed by atoms with Crippen molar-refractivity contribution in [1.82, 2.24) is 29.5 Å². The van der Waals surface area contributed by atoms with Crippen LogP contribution in [0.1, 0.15) is 69.4 Å². The Morgan fingerprint density at radius 2 is 1.88 bits per heavy atom. The van der Waals surface area contributed by atoms with Crippen molar-refractivity contribution in [3.8, 4) is 0 Å². The molecule has 1 unspecified atom stereocenters. The Kier molecular flexibility index (Phi) is 6.99. The number of aromatic nitrogens is 4. The second-order valence-electron chi connectivity index (χ2n) is 9.65. The summed E-state index contributed by atoms with van der Waals surface area (Å²) in [4.78, 5) is 49.4. The minimum absolute atomic E-state index is 0.000732. The van der Waals surface area contributed by atoms with Crippen LogP contribution in [-0.4, -0.2) is 65.0 Å². The van der Waals surface area contributed by atoms with Crippen LogP contribution in [0.5, 0.6) is 0 Å². The number of carboxylic acid groups (broad SMARTS) is 1. The molecule has 1 N–H and O–H groups in total. The van der Waals surface area contributed by atoms with Crippen LogP contribution < -0.4 is 0 Å². The fraction of sp³-hybridized carbons (Fsp3) is 0.360. The molecule has 2 amide bonds. The zero-order valence-electron chi connectivity index (χ0n) is 21.0. The molecular formula is C25H21Cl2F3N6O4. The highest BCUT2D eigenvalue weighted by Gasteiger charge is 2.44. The molecule has 0 spiro atoms. The Hall–Kier alpha value is -3.71. The van der Waals surface area contributed by atoms with E-state index in [-0.39, 0.29) is 58.5 Å². The van der Waals surface area contributed by atoms with Gasteiger partial charge < -0.3 is 14.9 Å². The van der Waals surface area contributed by atoms with E-state index in [0.717, 1.165) is 10.9 Å². The monoisotopic (exact) mass is 596 g/mol. The topological polar surface area (TPSA) is 122 Å². The van der Waals surface area contributed by atoms with Crippen molar-refractivity contribution in [2.75, 3.05) is 6.54 Å². The number of nitrogens with zero attached hydrogens (tertiary/aromatic N) is 6. The molecule has 0 saturated heterocycles. The zero-order chi connectivity index (χ0) is 29.1. The van der Waals surface area contributed by atoms with Crippen molar-refractivity contribution in [2.24, 2.45) is 0 Å². The minimum atomic E-state index is -4.69. The average Bonchev–Trinajstić information content (AvgIpc) is 3.27. The first-order chi connectivity index (χ1) is 18.8. The number of carboxylic acids is 1. The first-order valence-corrected chi connectivity index (χ1v) is 12.8. The first-order valence-electron chi connectivity index (χ1n) is 12.1. The molecule has 5 rings (SSSR count). The van der Waals surface area contributed by atoms with E-state index in [1.54, 1.807) is 0 Å². The molecule has 10 nitrogen and oxygen atoms in total. The molecule has 40 heavy (non-hydrogen) atoms. The second-order valence-corrected chi connectivity index (χ2v) is 10.5. The van der Waals surface area contributed by atoms with Crippen LogP contribution in [0.25, 0.3) is 0 Å². The van der Waals surface area contributed by atoms with Gasteiger partial charge in [0.2, 0.25) is 0 Å². The highest BCUT2D eigenvalue weighted by Crippen LogP contribution is 2.36. The molecule has 3 atom stereocenters. The van der Waals surface area contributed by atoms with Gasteiger partial charge in [0, 0.05) is 23.6 Å². The number of hydrogen-bond acceptors (Lipinski definition) is 6. The van der Waals surface area contributed by atoms with Crippen molar-refractivity contribution >= 4 is 41.0 Å². The Labute approximate surface area is 235 Å². The number of aliphatic carboxylic acids is 1. The third-order valence-corrected chi connectivity index (χ3v) is 7.88. The van der Waals surface area contributed by atoms with Crippen molar-refractivity contribution in [2.45, 2.75) is 51.1 Å². The summed E-state index contributed by atoms with van der Waals surface area (Å²) in [5, 5.41) is 14.9. The van der Waals surface area contributed by atoms with E-state index < -0.39 is 35.8 Å². The number of hydrogen-bond donors (Lipinski definition) is 1. The van der Waals surface area contributed by atoms with Crippen molar-refractivity contribution < 1.29 is 32.7 Å². The first kappa shape index (κ1) is 27.8. The molecule has 1 aromatic carbocycles. The van der Waals surface area contributed by atoms with Crippen molar-refractivity contribution in [3.05, 3.63) is 74.5 Å². The van der Waals surface area contributed by atoms with E-state index in [4.69, 9.17) is 23.2 Å². The quantitative estimate of drug-likeness (QED) is 0.473. The summed E-state index contributed by atoms with van der Waals surface area (Å²) in [5.41, 5.74) is 0.0419. The van der Waals surface area contributed by atoms with Crippen LogP contribution in [0.15, 0.2) is 30.6 Å². The van der Waals surface area contributed by atoms with Gasteiger partial charge in [-0.2, -0.15) is 18.3 Å². The molecule has 0 saturated carbocycles. The maximum absolute atomic E-state index is 13.8. The number of benzene rings is 1. The normalized spacial score (nSPS) is 19.7. The lowest BCUT2D eigenvalue weighted by atomic mass is 9.97. The molecule has 2 aliphatic rings. The third-order valence-electron chi connectivity index (χ3n) is 7.14. The summed E-state index contributed by atoms with van der Waals surface area (Å²) < 4.78 is 40.0. The van der Waals surface area contributed by atoms with Gasteiger partial charge in [-0.05, 0) is 32.0 Å². The maximum Gasteiger partial charge on any atom is 0.434 e. The van der Waals surface area contributed by atoms with Gasteiger partial charge in [0.05, 0.1) is 53.0 Å². The summed E-state index contributed by atoms with van der Waals surface area (Å²) in [6, 6.07) is 1.98. The average molecular weight is 597 g/mol. The molecule has 0 aliphatic carbocycles. The molecule has 15 heteroatoms. The van der Waals surface area contributed by atoms with Gasteiger partial charge >= 0.3 is 12.1 Å². The van der Waals surface area contributed by atoms with Crippen molar-refractivity contribution in [3.63, 3.8) is 0 Å². The molecular weight excluding hydrogens is 576 g/mol. The number of fused-ring (bicyclic) bond motifs is 3. The van der Waals surface area contributed by atoms with Gasteiger partial charge in [-0.1, -0.05) is 23.2 Å². The van der Waals surface area contributed by atoms with E-state index in [1.165, 1.54) is 34.9 Å². The molecule has 0 bridgehead atoms. The van der Waals surface area contributed by atoms with Crippen LogP contribution >= 0.6 is 23.2 Å². The van der Waals surface area contributed by atoms with Crippen LogP contribution in [0.3, 0.4) is 0 Å². The molecule has 0 fully saturated rings. The molecule has 2 aliphatic heterocycles. The summed E-state index contributed by atoms with van der Waals surface area (Å²) in [6.45, 7) is 3.01. The standard InChI is InChI=1S/C25H21Cl2F3N6O4/c1-11-5-17-14(9-34(11)22(37)13-3-4-15(26)16(27)6-13)21-23(38)35(10-19(24(39)40)36(21)33-17)12(2)18-7-32-20(8-31-18)25(28,29)30/h3-4,6-8,11-12,19H,5,9-10H2,1-2H3,(H,39,40)/t11-,12?,19+/m1/s1. The predicted molar refractivity (Wildman–Crippen MR) is 135 cm³/mol. The minimum Gasteiger partial charge on any atom is -0.480 e. The van der Waals surface area contributed by atoms with E-state index in [9.17, 15) is 32.7 Å². The molecule has 3 aromatic rings. The van der Waals surface area contributed by atoms with Gasteiger partial charge in [0.15, 0.2) is 11.7 Å². The number of halogens is 5. The third kappa shape index (κ3) is 4.77. The number of carbonyl (C=O) groups excluding carboxylic acids is 2. The summed E-state index contributed by atoms with van der Waals surface area (Å²) in [7, 11) is 0. The van der Waals surface area contributed by atoms with E-state index in [2.05, 4.69) is 15.1 Å². The lowest BCUT2D eigenvalue weighted by molar-refractivity contribution is -0.143. The van der Waals surface area contributed by atoms with Gasteiger partial charge in [0.25, 0.3) is 11.8 Å². The van der Waals surface area contributed by atoms with Crippen LogP contribution in [-0.2, 0) is 23.9 Å². The SMILES string of the molecule is CC(c1cnc(C(F)(F)F)cn1)N1C[C@@H](C(=O)O)n2nc3c(c2C1=O)CN(C(=O)c1ccc(Cl)c(Cl)c1)[C@H](C)C3. The fourth-order valence-electron chi connectivity index (χ4n) is 4.94. The smallest absolute Gasteiger partial charge is 0.434 e. The van der Waals surface area contributed by atoms with Crippen molar-refractivity contribution in [1.29, 1.82) is 0 Å². The molecule has 2 aromatic heterocycles. The number of rotatable bonds is 4. The maximum atomic E-state index is 13.8. The summed E-state index contributed by atoms with van der Waals surface area (Å²) >= 11 is 12.1. The Morgan fingerprint density at radius 1 is 1.15 bits per heavy atom. The molecule has 210 valence electrons. The summed E-state index contributed by atoms with van der Waals surface area (Å²) in [5.74, 6) is -2.20. The second kappa shape index (κ2) is 10.0. The van der Waals surface area contributed by atoms with Gasteiger partial charge in [0.1, 0.15) is 5.69 Å². The number of amides is 2. The van der Waals surface area contributed by atoms with E-state index >= 15 is 0 Å². The Bertz CT molecular complexity index is 1530. The number of carbonyl (C=O) groups is 3. The lowest BCUT2D eigenvalue weighted by Crippen LogP contribution is -2.48. The van der Waals surface area contributed by atoms with Gasteiger partial charge in [-0.15, -0.1) is 0 Å². The predicted octanol–water partition coefficient (Wildman–Crippen LogP) is 4.43. The van der Waals surface area contributed by atoms with Crippen LogP contribution in [0.2, 0.25) is 10.0 Å².